The molecule has 2 aliphatic heterocycles. The summed E-state index contributed by atoms with van der Waals surface area (Å²) in [4.78, 5) is 37.3. The van der Waals surface area contributed by atoms with Crippen molar-refractivity contribution in [2.75, 3.05) is 49.6 Å². The lowest BCUT2D eigenvalue weighted by Crippen LogP contribution is -2.59. The summed E-state index contributed by atoms with van der Waals surface area (Å²) in [5, 5.41) is 49.7. The quantitative estimate of drug-likeness (QED) is 0.0225. The first kappa shape index (κ1) is 44.5. The number of allylic oxidation sites excluding steroid dienone is 1. The molecule has 1 amide bonds. The van der Waals surface area contributed by atoms with Crippen LogP contribution in [-0.2, 0) is 4.74 Å². The smallest absolute Gasteiger partial charge is 0.293 e. The largest absolute Gasteiger partial charge is 0.455 e. The number of aromatic nitrogens is 2. The Hall–Kier alpha value is -5.14. The minimum atomic E-state index is -2.39. The van der Waals surface area contributed by atoms with E-state index in [0.29, 0.717) is 80.0 Å². The number of aliphatic hydroxyl groups is 3. The van der Waals surface area contributed by atoms with Gasteiger partial charge in [-0.3, -0.25) is 24.5 Å². The number of pyridine rings is 1. The lowest BCUT2D eigenvalue weighted by molar-refractivity contribution is -0.384. The molecule has 6 N–H and O–H groups in total. The molecule has 1 unspecified atom stereocenters. The number of piperazine rings is 1. The van der Waals surface area contributed by atoms with Crippen LogP contribution in [0, 0.1) is 21.4 Å². The summed E-state index contributed by atoms with van der Waals surface area (Å²) in [7, 11) is 6.89. The molecule has 2 saturated heterocycles. The average Bonchev–Trinajstić information content (AvgIpc) is 3.74. The van der Waals surface area contributed by atoms with Crippen molar-refractivity contribution in [3.63, 3.8) is 0 Å². The predicted molar refractivity (Wildman–Crippen MR) is 244 cm³/mol. The van der Waals surface area contributed by atoms with Crippen LogP contribution in [0.5, 0.6) is 11.5 Å². The van der Waals surface area contributed by atoms with Crippen LogP contribution in [0.4, 0.5) is 17.1 Å². The van der Waals surface area contributed by atoms with Crippen molar-refractivity contribution in [1.29, 1.82) is 0 Å². The summed E-state index contributed by atoms with van der Waals surface area (Å²) in [6.45, 7) is 7.14. The summed E-state index contributed by atoms with van der Waals surface area (Å²) in [6, 6.07) is 20.8. The van der Waals surface area contributed by atoms with Gasteiger partial charge >= 0.3 is 0 Å². The number of rotatable bonds is 13. The maximum atomic E-state index is 13.9. The summed E-state index contributed by atoms with van der Waals surface area (Å²) >= 11 is 7.09. The lowest BCUT2D eigenvalue weighted by atomic mass is 9.66. The molecule has 4 heterocycles. The van der Waals surface area contributed by atoms with Gasteiger partial charge < -0.3 is 40.0 Å². The van der Waals surface area contributed by atoms with Gasteiger partial charge in [-0.05, 0) is 115 Å². The van der Waals surface area contributed by atoms with Crippen LogP contribution in [0.2, 0.25) is 5.02 Å². The molecule has 2 radical (unpaired) electrons. The van der Waals surface area contributed by atoms with E-state index < -0.39 is 34.0 Å². The first-order chi connectivity index (χ1) is 30.1. The number of ether oxygens (including phenoxy) is 2. The molecule has 328 valence electrons. The Labute approximate surface area is 375 Å². The highest BCUT2D eigenvalue weighted by molar-refractivity contribution is 7.98. The third-order valence-electron chi connectivity index (χ3n) is 12.2. The standard InChI is InChI=1S/C45H49BClN7O8S/c1-43(2)15-11-37(36(26-43)28-3-5-31(47)6-4-28)44(46,56)53-19-17-52(18-20-53)32-7-9-35(40(24-32)62-33-23-29-12-16-48-41(29)49-27-33)42(55)51-63-34-8-10-38(39(25-34)54(59)60)50-45(57,58)30-13-21-61-22-14-30/h3-10,12,16,23-25,27,30,50,56-58H,11,13-15,17-22,26H2,1-2H3,(H,48,49)(H,51,55). The molecule has 3 aliphatic rings. The number of hydrogen-bond acceptors (Lipinski definition) is 13. The van der Waals surface area contributed by atoms with Crippen LogP contribution < -0.4 is 19.7 Å². The third kappa shape index (κ3) is 10.00. The zero-order valence-electron chi connectivity index (χ0n) is 35.0. The molecule has 18 heteroatoms. The average molecular weight is 894 g/mol. The fraction of sp³-hybridized carbons (Fsp3) is 0.378. The van der Waals surface area contributed by atoms with Crippen molar-refractivity contribution >= 4 is 71.0 Å². The first-order valence-electron chi connectivity index (χ1n) is 20.9. The zero-order chi connectivity index (χ0) is 44.5. The lowest BCUT2D eigenvalue weighted by Gasteiger charge is -2.48. The van der Waals surface area contributed by atoms with Crippen molar-refractivity contribution < 1.29 is 34.5 Å². The van der Waals surface area contributed by atoms with E-state index in [4.69, 9.17) is 28.9 Å². The molecule has 0 spiro atoms. The van der Waals surface area contributed by atoms with E-state index in [0.717, 1.165) is 52.6 Å². The van der Waals surface area contributed by atoms with E-state index in [2.05, 4.69) is 38.8 Å². The normalized spacial score (nSPS) is 18.5. The molecule has 3 aromatic carbocycles. The second-order valence-electron chi connectivity index (χ2n) is 17.1. The number of nitro groups is 1. The van der Waals surface area contributed by atoms with Crippen molar-refractivity contribution in [1.82, 2.24) is 19.6 Å². The fourth-order valence-electron chi connectivity index (χ4n) is 8.59. The van der Waals surface area contributed by atoms with E-state index in [1.54, 1.807) is 24.5 Å². The molecule has 1 aliphatic carbocycles. The van der Waals surface area contributed by atoms with Gasteiger partial charge in [0.1, 0.15) is 30.7 Å². The minimum Gasteiger partial charge on any atom is -0.455 e. The Morgan fingerprint density at radius 1 is 1.05 bits per heavy atom. The molecular weight excluding hydrogens is 845 g/mol. The minimum absolute atomic E-state index is 0.0449. The molecule has 1 atom stereocenters. The number of halogens is 1. The van der Waals surface area contributed by atoms with Crippen LogP contribution in [0.3, 0.4) is 0 Å². The SMILES string of the molecule is [B]C(O)(C1=C(c2ccc(Cl)cc2)CC(C)(C)CC1)N1CCN(c2ccc(C(=O)NSc3ccc(NC(O)(O)C4CCOCC4)c([N+](=O)[O-])c3)c(Oc3cnc4[nH]ccc4c3)c2)CC1. The van der Waals surface area contributed by atoms with Gasteiger partial charge in [0.2, 0.25) is 5.91 Å². The second-order valence-corrected chi connectivity index (χ2v) is 18.4. The third-order valence-corrected chi connectivity index (χ3v) is 13.2. The summed E-state index contributed by atoms with van der Waals surface area (Å²) < 4.78 is 14.5. The molecule has 2 aromatic heterocycles. The van der Waals surface area contributed by atoms with E-state index in [1.165, 1.54) is 18.2 Å². The Kier molecular flexibility index (Phi) is 12.8. The van der Waals surface area contributed by atoms with Gasteiger partial charge in [0.15, 0.2) is 0 Å². The number of benzene rings is 3. The highest BCUT2D eigenvalue weighted by Crippen LogP contribution is 2.47. The maximum Gasteiger partial charge on any atom is 0.293 e. The van der Waals surface area contributed by atoms with Gasteiger partial charge in [0, 0.05) is 84.6 Å². The van der Waals surface area contributed by atoms with Gasteiger partial charge in [-0.2, -0.15) is 0 Å². The van der Waals surface area contributed by atoms with Gasteiger partial charge in [-0.1, -0.05) is 37.6 Å². The van der Waals surface area contributed by atoms with Crippen LogP contribution in [0.25, 0.3) is 16.6 Å². The number of hydrogen-bond donors (Lipinski definition) is 6. The molecule has 8 rings (SSSR count). The number of fused-ring (bicyclic) bond motifs is 1. The number of nitrogens with zero attached hydrogens (tertiary/aromatic N) is 4. The Morgan fingerprint density at radius 2 is 1.79 bits per heavy atom. The highest BCUT2D eigenvalue weighted by atomic mass is 35.5. The van der Waals surface area contributed by atoms with Crippen molar-refractivity contribution in [2.24, 2.45) is 11.3 Å². The van der Waals surface area contributed by atoms with E-state index in [9.17, 15) is 30.2 Å². The topological polar surface area (TPSA) is 199 Å². The number of carbonyl (C=O) groups excluding carboxylic acids is 1. The van der Waals surface area contributed by atoms with Gasteiger partial charge in [0.05, 0.1) is 22.3 Å². The van der Waals surface area contributed by atoms with Crippen LogP contribution in [0.15, 0.2) is 95.7 Å². The zero-order valence-corrected chi connectivity index (χ0v) is 36.5. The second kappa shape index (κ2) is 18.2. The number of amides is 1. The molecule has 0 bridgehead atoms. The van der Waals surface area contributed by atoms with Gasteiger partial charge in [-0.15, -0.1) is 0 Å². The summed E-state index contributed by atoms with van der Waals surface area (Å²) in [6.07, 6.45) is 6.40. The number of carbonyl (C=O) groups is 1. The first-order valence-corrected chi connectivity index (χ1v) is 22.1. The number of aromatic amines is 1. The molecule has 0 saturated carbocycles. The molecular formula is C45H49BClN7O8S. The molecule has 2 fully saturated rings. The number of anilines is 2. The van der Waals surface area contributed by atoms with Crippen molar-refractivity contribution in [3.05, 3.63) is 117 Å². The number of nitro benzene ring substituents is 1. The van der Waals surface area contributed by atoms with Crippen LogP contribution in [-0.4, -0.2) is 99.8 Å². The number of nitrogens with one attached hydrogen (secondary N) is 3. The monoisotopic (exact) mass is 893 g/mol. The van der Waals surface area contributed by atoms with Crippen molar-refractivity contribution in [3.8, 4) is 11.5 Å². The predicted octanol–water partition coefficient (Wildman–Crippen LogP) is 7.43. The summed E-state index contributed by atoms with van der Waals surface area (Å²) in [5.41, 5.74) is 2.43. The Bertz CT molecular complexity index is 2520. The van der Waals surface area contributed by atoms with Crippen LogP contribution >= 0.6 is 23.5 Å². The maximum absolute atomic E-state index is 13.9. The Balaban J connectivity index is 1.00. The fourth-order valence-corrected chi connectivity index (χ4v) is 9.35. The van der Waals surface area contributed by atoms with E-state index in [1.807, 2.05) is 47.4 Å². The van der Waals surface area contributed by atoms with Crippen molar-refractivity contribution in [2.45, 2.75) is 62.4 Å². The molecule has 15 nitrogen and oxygen atoms in total. The van der Waals surface area contributed by atoms with E-state index >= 15 is 0 Å². The van der Waals surface area contributed by atoms with Gasteiger partial charge in [0.25, 0.3) is 11.6 Å². The Morgan fingerprint density at radius 3 is 2.52 bits per heavy atom. The number of H-pyrrole nitrogens is 1. The van der Waals surface area contributed by atoms with E-state index in [-0.39, 0.29) is 22.4 Å². The van der Waals surface area contributed by atoms with Crippen LogP contribution in [0.1, 0.15) is 61.9 Å². The summed E-state index contributed by atoms with van der Waals surface area (Å²) in [5.74, 6) is -2.85. The highest BCUT2D eigenvalue weighted by Gasteiger charge is 2.41. The van der Waals surface area contributed by atoms with Gasteiger partial charge in [-0.25, -0.2) is 4.98 Å². The molecule has 63 heavy (non-hydrogen) atoms. The molecule has 5 aromatic rings.